The van der Waals surface area contributed by atoms with E-state index in [-0.39, 0.29) is 0 Å². The fourth-order valence-corrected chi connectivity index (χ4v) is 2.33. The summed E-state index contributed by atoms with van der Waals surface area (Å²) >= 11 is 0. The minimum absolute atomic E-state index is 0.446. The summed E-state index contributed by atoms with van der Waals surface area (Å²) in [5, 5.41) is 3.28. The summed E-state index contributed by atoms with van der Waals surface area (Å²) in [6.45, 7) is 9.11. The molecule has 0 aliphatic carbocycles. The Morgan fingerprint density at radius 2 is 2.12 bits per heavy atom. The zero-order chi connectivity index (χ0) is 11.9. The van der Waals surface area contributed by atoms with Gasteiger partial charge in [0.25, 0.3) is 0 Å². The highest BCUT2D eigenvalue weighted by Gasteiger charge is 2.32. The van der Waals surface area contributed by atoms with Gasteiger partial charge in [0.05, 0.1) is 19.8 Å². The Bertz CT molecular complexity index is 190. The van der Waals surface area contributed by atoms with Crippen LogP contribution in [0.4, 0.5) is 0 Å². The predicted molar refractivity (Wildman–Crippen MR) is 65.8 cm³/mol. The monoisotopic (exact) mass is 230 g/mol. The van der Waals surface area contributed by atoms with Crippen molar-refractivity contribution in [3.63, 3.8) is 0 Å². The van der Waals surface area contributed by atoms with Gasteiger partial charge in [-0.1, -0.05) is 6.92 Å². The number of rotatable bonds is 8. The Morgan fingerprint density at radius 3 is 2.81 bits per heavy atom. The first-order valence-electron chi connectivity index (χ1n) is 6.14. The Morgan fingerprint density at radius 1 is 1.31 bits per heavy atom. The summed E-state index contributed by atoms with van der Waals surface area (Å²) in [6, 6.07) is 0. The lowest BCUT2D eigenvalue weighted by molar-refractivity contribution is 0.0590. The fourth-order valence-electron chi connectivity index (χ4n) is 2.33. The number of nitrogens with zero attached hydrogens (tertiary/aromatic N) is 1. The van der Waals surface area contributed by atoms with Crippen molar-refractivity contribution in [3.8, 4) is 0 Å². The van der Waals surface area contributed by atoms with Gasteiger partial charge in [0.15, 0.2) is 0 Å². The van der Waals surface area contributed by atoms with Crippen molar-refractivity contribution in [1.29, 1.82) is 0 Å². The highest BCUT2D eigenvalue weighted by molar-refractivity contribution is 4.87. The van der Waals surface area contributed by atoms with Crippen molar-refractivity contribution in [2.45, 2.75) is 13.3 Å². The molecule has 1 unspecified atom stereocenters. The fraction of sp³-hybridized carbons (Fsp3) is 1.00. The molecule has 0 spiro atoms. The average molecular weight is 230 g/mol. The van der Waals surface area contributed by atoms with Gasteiger partial charge in [0, 0.05) is 26.7 Å². The molecule has 4 heteroatoms. The van der Waals surface area contributed by atoms with Gasteiger partial charge >= 0.3 is 0 Å². The third-order valence-corrected chi connectivity index (χ3v) is 3.22. The summed E-state index contributed by atoms with van der Waals surface area (Å²) in [5.41, 5.74) is 0.446. The molecule has 0 radical (unpaired) electrons. The Balaban J connectivity index is 2.07. The van der Waals surface area contributed by atoms with Gasteiger partial charge in [0.2, 0.25) is 0 Å². The van der Waals surface area contributed by atoms with E-state index in [0.717, 1.165) is 19.7 Å². The molecule has 1 aliphatic heterocycles. The van der Waals surface area contributed by atoms with Gasteiger partial charge in [-0.2, -0.15) is 0 Å². The molecule has 0 amide bonds. The number of hydrogen-bond acceptors (Lipinski definition) is 4. The average Bonchev–Trinajstić information content (AvgIpc) is 2.61. The van der Waals surface area contributed by atoms with E-state index in [1.54, 1.807) is 7.11 Å². The van der Waals surface area contributed by atoms with Crippen molar-refractivity contribution in [2.75, 3.05) is 60.2 Å². The SMILES string of the molecule is CNCC1(C)CCN(CCOCCOC)C1. The minimum Gasteiger partial charge on any atom is -0.382 e. The second-order valence-corrected chi connectivity index (χ2v) is 4.97. The molecule has 0 bridgehead atoms. The van der Waals surface area contributed by atoms with E-state index >= 15 is 0 Å². The summed E-state index contributed by atoms with van der Waals surface area (Å²) in [5.74, 6) is 0. The van der Waals surface area contributed by atoms with E-state index in [1.807, 2.05) is 7.05 Å². The highest BCUT2D eigenvalue weighted by Crippen LogP contribution is 2.28. The van der Waals surface area contributed by atoms with Crippen molar-refractivity contribution >= 4 is 0 Å². The summed E-state index contributed by atoms with van der Waals surface area (Å²) in [6.07, 6.45) is 1.28. The van der Waals surface area contributed by atoms with Crippen LogP contribution in [-0.4, -0.2) is 65.1 Å². The van der Waals surface area contributed by atoms with Crippen LogP contribution in [0.1, 0.15) is 13.3 Å². The molecule has 1 N–H and O–H groups in total. The van der Waals surface area contributed by atoms with E-state index in [2.05, 4.69) is 17.1 Å². The first kappa shape index (κ1) is 13.9. The predicted octanol–water partition coefficient (Wildman–Crippen LogP) is 0.581. The Kier molecular flexibility index (Phi) is 6.28. The van der Waals surface area contributed by atoms with E-state index in [0.29, 0.717) is 18.6 Å². The molecule has 1 aliphatic rings. The molecule has 1 saturated heterocycles. The third kappa shape index (κ3) is 4.78. The van der Waals surface area contributed by atoms with Crippen molar-refractivity contribution in [2.24, 2.45) is 5.41 Å². The van der Waals surface area contributed by atoms with Gasteiger partial charge in [-0.05, 0) is 25.4 Å². The lowest BCUT2D eigenvalue weighted by atomic mass is 9.90. The molecular weight excluding hydrogens is 204 g/mol. The van der Waals surface area contributed by atoms with E-state index < -0.39 is 0 Å². The quantitative estimate of drug-likeness (QED) is 0.619. The molecule has 1 heterocycles. The van der Waals surface area contributed by atoms with Crippen molar-refractivity contribution in [1.82, 2.24) is 10.2 Å². The Labute approximate surface area is 99.3 Å². The van der Waals surface area contributed by atoms with Crippen LogP contribution in [0, 0.1) is 5.41 Å². The first-order chi connectivity index (χ1) is 7.70. The molecule has 1 fully saturated rings. The Hall–Kier alpha value is -0.160. The van der Waals surface area contributed by atoms with Gasteiger partial charge in [-0.25, -0.2) is 0 Å². The van der Waals surface area contributed by atoms with E-state index in [9.17, 15) is 0 Å². The van der Waals surface area contributed by atoms with Crippen LogP contribution in [0.2, 0.25) is 0 Å². The van der Waals surface area contributed by atoms with Gasteiger partial charge in [-0.3, -0.25) is 0 Å². The second kappa shape index (κ2) is 7.22. The number of likely N-dealkylation sites (tertiary alicyclic amines) is 1. The molecule has 0 aromatic carbocycles. The minimum atomic E-state index is 0.446. The van der Waals surface area contributed by atoms with Gasteiger partial charge in [0.1, 0.15) is 0 Å². The van der Waals surface area contributed by atoms with E-state index in [1.165, 1.54) is 19.5 Å². The highest BCUT2D eigenvalue weighted by atomic mass is 16.5. The molecule has 96 valence electrons. The molecule has 1 atom stereocenters. The number of nitrogens with one attached hydrogen (secondary N) is 1. The van der Waals surface area contributed by atoms with Crippen LogP contribution in [0.15, 0.2) is 0 Å². The van der Waals surface area contributed by atoms with Crippen molar-refractivity contribution < 1.29 is 9.47 Å². The third-order valence-electron chi connectivity index (χ3n) is 3.22. The molecule has 4 nitrogen and oxygen atoms in total. The zero-order valence-corrected chi connectivity index (χ0v) is 10.9. The van der Waals surface area contributed by atoms with Crippen molar-refractivity contribution in [3.05, 3.63) is 0 Å². The van der Waals surface area contributed by atoms with Gasteiger partial charge in [-0.15, -0.1) is 0 Å². The largest absolute Gasteiger partial charge is 0.382 e. The maximum Gasteiger partial charge on any atom is 0.0700 e. The smallest absolute Gasteiger partial charge is 0.0700 e. The van der Waals surface area contributed by atoms with Gasteiger partial charge < -0.3 is 19.7 Å². The maximum absolute atomic E-state index is 5.48. The lowest BCUT2D eigenvalue weighted by Crippen LogP contribution is -2.34. The van der Waals surface area contributed by atoms with E-state index in [4.69, 9.17) is 9.47 Å². The van der Waals surface area contributed by atoms with Crippen LogP contribution in [-0.2, 0) is 9.47 Å². The second-order valence-electron chi connectivity index (χ2n) is 4.97. The van der Waals surface area contributed by atoms with Crippen LogP contribution in [0.5, 0.6) is 0 Å². The number of methoxy groups -OCH3 is 1. The number of ether oxygens (including phenoxy) is 2. The molecule has 1 rings (SSSR count). The zero-order valence-electron chi connectivity index (χ0n) is 10.9. The first-order valence-corrected chi connectivity index (χ1v) is 6.14. The molecule has 0 saturated carbocycles. The summed E-state index contributed by atoms with van der Waals surface area (Å²) in [7, 11) is 3.73. The standard InChI is InChI=1S/C12H26N2O2/c1-12(10-13-2)4-5-14(11-12)6-7-16-9-8-15-3/h13H,4-11H2,1-3H3. The number of hydrogen-bond donors (Lipinski definition) is 1. The lowest BCUT2D eigenvalue weighted by Gasteiger charge is -2.24. The molecule has 0 aromatic heterocycles. The van der Waals surface area contributed by atoms with Crippen LogP contribution < -0.4 is 5.32 Å². The molecular formula is C12H26N2O2. The molecule has 16 heavy (non-hydrogen) atoms. The van der Waals surface area contributed by atoms with Crippen LogP contribution >= 0.6 is 0 Å². The summed E-state index contributed by atoms with van der Waals surface area (Å²) in [4.78, 5) is 2.49. The molecule has 0 aromatic rings. The normalized spacial score (nSPS) is 26.4. The maximum atomic E-state index is 5.48. The van der Waals surface area contributed by atoms with Crippen LogP contribution in [0.25, 0.3) is 0 Å². The summed E-state index contributed by atoms with van der Waals surface area (Å²) < 4.78 is 10.4. The van der Waals surface area contributed by atoms with Crippen LogP contribution in [0.3, 0.4) is 0 Å². The topological polar surface area (TPSA) is 33.7 Å².